The molecule has 1 aromatic rings. The van der Waals surface area contributed by atoms with Gasteiger partial charge in [0.1, 0.15) is 17.2 Å². The average molecular weight is 355 g/mol. The molecule has 0 aliphatic carbocycles. The Morgan fingerprint density at radius 2 is 1.56 bits per heavy atom. The lowest BCUT2D eigenvalue weighted by Gasteiger charge is -2.37. The van der Waals surface area contributed by atoms with Crippen LogP contribution in [0.2, 0.25) is 0 Å². The van der Waals surface area contributed by atoms with Crippen LogP contribution in [0.4, 0.5) is 5.82 Å². The Balaban J connectivity index is 0.000000705. The highest BCUT2D eigenvalue weighted by atomic mass is 16.5. The lowest BCUT2D eigenvalue weighted by Crippen LogP contribution is -2.49. The van der Waals surface area contributed by atoms with Crippen molar-refractivity contribution in [2.75, 3.05) is 38.1 Å². The van der Waals surface area contributed by atoms with Crippen LogP contribution >= 0.6 is 0 Å². The number of ether oxygens (including phenoxy) is 1. The zero-order valence-corrected chi connectivity index (χ0v) is 15.7. The highest BCUT2D eigenvalue weighted by Crippen LogP contribution is 2.28. The van der Waals surface area contributed by atoms with Crippen LogP contribution in [-0.4, -0.2) is 81.8 Å². The van der Waals surface area contributed by atoms with Crippen molar-refractivity contribution in [2.45, 2.75) is 38.9 Å². The lowest BCUT2D eigenvalue weighted by atomic mass is 9.89. The van der Waals surface area contributed by atoms with Crippen LogP contribution in [0.5, 0.6) is 5.75 Å². The van der Waals surface area contributed by atoms with Crippen LogP contribution < -0.4 is 9.64 Å². The van der Waals surface area contributed by atoms with E-state index in [1.165, 1.54) is 0 Å². The van der Waals surface area contributed by atoms with Gasteiger partial charge in [-0.25, -0.2) is 4.98 Å². The number of pyridine rings is 1. The first-order valence-electron chi connectivity index (χ1n) is 8.27. The van der Waals surface area contributed by atoms with Gasteiger partial charge in [-0.2, -0.15) is 0 Å². The van der Waals surface area contributed by atoms with Crippen molar-refractivity contribution in [1.29, 1.82) is 0 Å². The maximum Gasteiger partial charge on any atom is 0.631 e. The zero-order valence-electron chi connectivity index (χ0n) is 15.7. The molecule has 1 saturated heterocycles. The van der Waals surface area contributed by atoms with Crippen molar-refractivity contribution in [3.63, 3.8) is 0 Å². The Morgan fingerprint density at radius 3 is 1.96 bits per heavy atom. The van der Waals surface area contributed by atoms with E-state index >= 15 is 0 Å². The second kappa shape index (κ2) is 8.82. The number of aliphatic hydroxyl groups is 1. The molecule has 4 N–H and O–H groups in total. The number of aromatic nitrogens is 1. The molecule has 8 nitrogen and oxygen atoms in total. The molecule has 0 saturated carbocycles. The molecular weight excluding hydrogens is 325 g/mol. The van der Waals surface area contributed by atoms with E-state index in [2.05, 4.69) is 21.8 Å². The number of rotatable bonds is 4. The summed E-state index contributed by atoms with van der Waals surface area (Å²) in [6.07, 6.45) is 1.74. The van der Waals surface area contributed by atoms with Gasteiger partial charge in [0.05, 0.1) is 11.8 Å². The minimum Gasteiger partial charge on any atom is -0.483 e. The Morgan fingerprint density at radius 1 is 1.04 bits per heavy atom. The Bertz CT molecular complexity index is 509. The topological polar surface area (TPSA) is 110 Å². The first kappa shape index (κ1) is 21.7. The molecule has 1 aliphatic heterocycles. The Kier molecular flexibility index (Phi) is 7.64. The molecule has 142 valence electrons. The van der Waals surface area contributed by atoms with Crippen LogP contribution in [0, 0.1) is 0 Å². The van der Waals surface area contributed by atoms with E-state index in [1.807, 2.05) is 26.0 Å². The van der Waals surface area contributed by atoms with Crippen molar-refractivity contribution in [3.05, 3.63) is 18.3 Å². The summed E-state index contributed by atoms with van der Waals surface area (Å²) < 4.78 is 5.89. The summed E-state index contributed by atoms with van der Waals surface area (Å²) in [6, 6.07) is 3.91. The summed E-state index contributed by atoms with van der Waals surface area (Å²) in [5, 5.41) is 31.6. The number of likely N-dealkylation sites (N-methyl/N-ethyl adjacent to an activating group) is 1. The molecule has 0 unspecified atom stereocenters. The van der Waals surface area contributed by atoms with Crippen LogP contribution in [-0.2, 0) is 0 Å². The molecule has 9 heteroatoms. The molecule has 2 rings (SSSR count). The molecule has 2 heterocycles. The summed E-state index contributed by atoms with van der Waals surface area (Å²) in [5.41, 5.74) is -1.60. The van der Waals surface area contributed by atoms with E-state index in [1.54, 1.807) is 20.0 Å². The highest BCUT2D eigenvalue weighted by Gasteiger charge is 2.37. The largest absolute Gasteiger partial charge is 0.631 e. The van der Waals surface area contributed by atoms with E-state index in [9.17, 15) is 5.11 Å². The Hall–Kier alpha value is -1.39. The maximum atomic E-state index is 10.1. The number of hydrogen-bond acceptors (Lipinski definition) is 8. The first-order valence-corrected chi connectivity index (χ1v) is 8.27. The Labute approximate surface area is 149 Å². The van der Waals surface area contributed by atoms with Crippen molar-refractivity contribution in [1.82, 2.24) is 9.88 Å². The van der Waals surface area contributed by atoms with Crippen molar-refractivity contribution in [2.24, 2.45) is 0 Å². The highest BCUT2D eigenvalue weighted by molar-refractivity contribution is 6.30. The van der Waals surface area contributed by atoms with E-state index < -0.39 is 18.5 Å². The van der Waals surface area contributed by atoms with Gasteiger partial charge in [0.2, 0.25) is 0 Å². The minimum absolute atomic E-state index is 0.677. The fraction of sp³-hybridized carbons (Fsp3) is 0.688. The second-order valence-corrected chi connectivity index (χ2v) is 7.16. The summed E-state index contributed by atoms with van der Waals surface area (Å²) in [5.74, 6) is 1.66. The molecular formula is C16H30BN3O5. The van der Waals surface area contributed by atoms with Gasteiger partial charge < -0.3 is 34.7 Å². The first-order chi connectivity index (χ1) is 11.4. The zero-order chi connectivity index (χ0) is 19.3. The third-order valence-corrected chi connectivity index (χ3v) is 4.39. The number of hydrogen-bond donors (Lipinski definition) is 4. The molecule has 0 bridgehead atoms. The van der Waals surface area contributed by atoms with Gasteiger partial charge >= 0.3 is 7.32 Å². The molecule has 0 spiro atoms. The van der Waals surface area contributed by atoms with Gasteiger partial charge in [-0.1, -0.05) is 0 Å². The minimum atomic E-state index is -2.17. The van der Waals surface area contributed by atoms with Crippen molar-refractivity contribution < 1.29 is 24.9 Å². The fourth-order valence-electron chi connectivity index (χ4n) is 2.07. The maximum absolute atomic E-state index is 10.1. The number of nitrogens with zero attached hydrogens (tertiary/aromatic N) is 3. The summed E-state index contributed by atoms with van der Waals surface area (Å²) >= 11 is 0. The summed E-state index contributed by atoms with van der Waals surface area (Å²) in [7, 11) is -0.0274. The third kappa shape index (κ3) is 7.17. The smallest absolute Gasteiger partial charge is 0.483 e. The van der Waals surface area contributed by atoms with Gasteiger partial charge in [0, 0.05) is 26.2 Å². The van der Waals surface area contributed by atoms with Crippen molar-refractivity contribution in [3.8, 4) is 5.75 Å². The summed E-state index contributed by atoms with van der Waals surface area (Å²) in [4.78, 5) is 9.10. The quantitative estimate of drug-likeness (QED) is 0.546. The molecule has 25 heavy (non-hydrogen) atoms. The predicted octanol–water partition coefficient (Wildman–Crippen LogP) is -0.290. The molecule has 0 atom stereocenters. The lowest BCUT2D eigenvalue weighted by molar-refractivity contribution is -0.0907. The van der Waals surface area contributed by atoms with Crippen LogP contribution in [0.1, 0.15) is 27.7 Å². The molecule has 1 aromatic heterocycles. The van der Waals surface area contributed by atoms with E-state index in [0.717, 1.165) is 32.0 Å². The van der Waals surface area contributed by atoms with Gasteiger partial charge in [-0.3, -0.25) is 0 Å². The second-order valence-electron chi connectivity index (χ2n) is 7.16. The normalized spacial score (nSPS) is 16.1. The van der Waals surface area contributed by atoms with Gasteiger partial charge in [0.25, 0.3) is 0 Å². The molecule has 0 aromatic carbocycles. The van der Waals surface area contributed by atoms with Crippen molar-refractivity contribution >= 4 is 13.1 Å². The number of anilines is 1. The van der Waals surface area contributed by atoms with Gasteiger partial charge in [0.15, 0.2) is 0 Å². The van der Waals surface area contributed by atoms with Crippen LogP contribution in [0.25, 0.3) is 0 Å². The van der Waals surface area contributed by atoms with Crippen LogP contribution in [0.3, 0.4) is 0 Å². The van der Waals surface area contributed by atoms with Gasteiger partial charge in [-0.15, -0.1) is 0 Å². The predicted molar refractivity (Wildman–Crippen MR) is 97.4 cm³/mol. The SMILES string of the molecule is CN1CCN(c2ccc(OC(C)(C)C(C)(C)O)cn2)CC1.OB(O)O. The monoisotopic (exact) mass is 355 g/mol. The molecule has 0 amide bonds. The van der Waals surface area contributed by atoms with E-state index in [-0.39, 0.29) is 0 Å². The van der Waals surface area contributed by atoms with E-state index in [4.69, 9.17) is 19.8 Å². The molecule has 0 radical (unpaired) electrons. The van der Waals surface area contributed by atoms with E-state index in [0.29, 0.717) is 5.75 Å². The molecule has 1 aliphatic rings. The number of piperazine rings is 1. The molecule has 1 fully saturated rings. The van der Waals surface area contributed by atoms with Gasteiger partial charge in [-0.05, 0) is 46.9 Å². The third-order valence-electron chi connectivity index (χ3n) is 4.39. The fourth-order valence-corrected chi connectivity index (χ4v) is 2.07. The summed E-state index contributed by atoms with van der Waals surface area (Å²) in [6.45, 7) is 11.4. The van der Waals surface area contributed by atoms with Crippen LogP contribution in [0.15, 0.2) is 18.3 Å². The standard InChI is InChI=1S/C16H27N3O2.BH3O3/c1-15(2,20)16(3,4)21-13-6-7-14(17-12-13)19-10-8-18(5)9-11-19;2-1(3)4/h6-7,12,20H,8-11H2,1-5H3;2-4H. The average Bonchev–Trinajstić information content (AvgIpc) is 2.47.